The Kier molecular flexibility index (Phi) is 9.87. The first-order valence-electron chi connectivity index (χ1n) is 8.41. The fourth-order valence-electron chi connectivity index (χ4n) is 3.46. The fourth-order valence-corrected chi connectivity index (χ4v) is 3.46. The van der Waals surface area contributed by atoms with E-state index in [2.05, 4.69) is 41.5 Å². The quantitative estimate of drug-likeness (QED) is 0.354. The first kappa shape index (κ1) is 18.0. The van der Waals surface area contributed by atoms with Crippen molar-refractivity contribution in [3.05, 3.63) is 0 Å². The van der Waals surface area contributed by atoms with E-state index < -0.39 is 0 Å². The summed E-state index contributed by atoms with van der Waals surface area (Å²) >= 11 is 0. The summed E-state index contributed by atoms with van der Waals surface area (Å²) in [6, 6.07) is 0. The van der Waals surface area contributed by atoms with Gasteiger partial charge in [0.05, 0.1) is 0 Å². The van der Waals surface area contributed by atoms with Crippen molar-refractivity contribution in [2.45, 2.75) is 99.3 Å². The second-order valence-corrected chi connectivity index (χ2v) is 7.41. The highest BCUT2D eigenvalue weighted by molar-refractivity contribution is 4.73. The SMILES string of the molecule is CCCCCCC(C)(C)CC(C)CC(C)CCC. The van der Waals surface area contributed by atoms with Crippen LogP contribution in [0.15, 0.2) is 0 Å². The zero-order valence-electron chi connectivity index (χ0n) is 14.0. The maximum Gasteiger partial charge on any atom is -0.0352 e. The molecule has 0 nitrogen and oxygen atoms in total. The maximum absolute atomic E-state index is 2.47. The second-order valence-electron chi connectivity index (χ2n) is 7.41. The van der Waals surface area contributed by atoms with Crippen LogP contribution in [0.25, 0.3) is 0 Å². The molecule has 0 aliphatic rings. The van der Waals surface area contributed by atoms with Gasteiger partial charge in [-0.2, -0.15) is 0 Å². The van der Waals surface area contributed by atoms with Crippen LogP contribution in [0.4, 0.5) is 0 Å². The summed E-state index contributed by atoms with van der Waals surface area (Å²) < 4.78 is 0. The molecule has 0 spiro atoms. The van der Waals surface area contributed by atoms with Crippen molar-refractivity contribution in [2.24, 2.45) is 17.3 Å². The highest BCUT2D eigenvalue weighted by Crippen LogP contribution is 2.34. The maximum atomic E-state index is 2.47. The Labute approximate surface area is 117 Å². The van der Waals surface area contributed by atoms with Crippen molar-refractivity contribution in [1.82, 2.24) is 0 Å². The lowest BCUT2D eigenvalue weighted by atomic mass is 9.77. The van der Waals surface area contributed by atoms with Crippen LogP contribution in [0.5, 0.6) is 0 Å². The predicted molar refractivity (Wildman–Crippen MR) is 85.0 cm³/mol. The monoisotopic (exact) mass is 254 g/mol. The number of hydrogen-bond donors (Lipinski definition) is 0. The summed E-state index contributed by atoms with van der Waals surface area (Å²) in [6.07, 6.45) is 12.6. The summed E-state index contributed by atoms with van der Waals surface area (Å²) in [4.78, 5) is 0. The molecule has 0 saturated heterocycles. The van der Waals surface area contributed by atoms with Crippen LogP contribution < -0.4 is 0 Å². The third kappa shape index (κ3) is 9.97. The summed E-state index contributed by atoms with van der Waals surface area (Å²) in [5, 5.41) is 0. The zero-order chi connectivity index (χ0) is 14.0. The average Bonchev–Trinajstić information content (AvgIpc) is 2.23. The van der Waals surface area contributed by atoms with Gasteiger partial charge < -0.3 is 0 Å². The Bertz CT molecular complexity index is 180. The Hall–Kier alpha value is 0. The van der Waals surface area contributed by atoms with Crippen molar-refractivity contribution in [3.8, 4) is 0 Å². The van der Waals surface area contributed by atoms with Gasteiger partial charge in [-0.15, -0.1) is 0 Å². The molecule has 0 heterocycles. The molecule has 0 aromatic heterocycles. The minimum atomic E-state index is 0.555. The third-order valence-corrected chi connectivity index (χ3v) is 4.19. The molecule has 0 saturated carbocycles. The Morgan fingerprint density at radius 1 is 0.833 bits per heavy atom. The fraction of sp³-hybridized carbons (Fsp3) is 1.00. The van der Waals surface area contributed by atoms with Gasteiger partial charge in [-0.1, -0.05) is 80.1 Å². The van der Waals surface area contributed by atoms with Crippen molar-refractivity contribution >= 4 is 0 Å². The molecule has 18 heavy (non-hydrogen) atoms. The molecule has 0 aromatic rings. The van der Waals surface area contributed by atoms with Gasteiger partial charge >= 0.3 is 0 Å². The van der Waals surface area contributed by atoms with E-state index in [1.165, 1.54) is 57.8 Å². The molecule has 2 unspecified atom stereocenters. The molecule has 0 rings (SSSR count). The molecule has 0 heteroatoms. The van der Waals surface area contributed by atoms with Gasteiger partial charge in [0.15, 0.2) is 0 Å². The Morgan fingerprint density at radius 3 is 2.06 bits per heavy atom. The summed E-state index contributed by atoms with van der Waals surface area (Å²) in [7, 11) is 0. The van der Waals surface area contributed by atoms with E-state index in [9.17, 15) is 0 Å². The molecule has 0 aliphatic carbocycles. The predicted octanol–water partition coefficient (Wildman–Crippen LogP) is 6.84. The minimum Gasteiger partial charge on any atom is -0.0654 e. The van der Waals surface area contributed by atoms with E-state index in [0.717, 1.165) is 11.8 Å². The van der Waals surface area contributed by atoms with Crippen LogP contribution >= 0.6 is 0 Å². The smallest absolute Gasteiger partial charge is 0.0352 e. The highest BCUT2D eigenvalue weighted by atomic mass is 14.3. The van der Waals surface area contributed by atoms with Crippen LogP contribution in [0.2, 0.25) is 0 Å². The van der Waals surface area contributed by atoms with Gasteiger partial charge in [0.25, 0.3) is 0 Å². The first-order chi connectivity index (χ1) is 8.41. The van der Waals surface area contributed by atoms with Crippen LogP contribution in [-0.2, 0) is 0 Å². The van der Waals surface area contributed by atoms with E-state index in [1.54, 1.807) is 0 Å². The third-order valence-electron chi connectivity index (χ3n) is 4.19. The Morgan fingerprint density at radius 2 is 1.50 bits per heavy atom. The van der Waals surface area contributed by atoms with Crippen molar-refractivity contribution < 1.29 is 0 Å². The number of unbranched alkanes of at least 4 members (excludes halogenated alkanes) is 3. The largest absolute Gasteiger partial charge is 0.0654 e. The van der Waals surface area contributed by atoms with Crippen molar-refractivity contribution in [2.75, 3.05) is 0 Å². The van der Waals surface area contributed by atoms with Gasteiger partial charge in [-0.05, 0) is 36.5 Å². The van der Waals surface area contributed by atoms with E-state index in [-0.39, 0.29) is 0 Å². The van der Waals surface area contributed by atoms with Crippen molar-refractivity contribution in [1.29, 1.82) is 0 Å². The molecule has 0 N–H and O–H groups in total. The molecular formula is C18H38. The van der Waals surface area contributed by atoms with E-state index in [0.29, 0.717) is 5.41 Å². The van der Waals surface area contributed by atoms with Crippen molar-refractivity contribution in [3.63, 3.8) is 0 Å². The molecule has 0 radical (unpaired) electrons. The standard InChI is InChI=1S/C18H38/c1-7-9-10-11-13-18(5,6)15-17(4)14-16(3)12-8-2/h16-17H,7-15H2,1-6H3. The normalized spacial score (nSPS) is 15.7. The summed E-state index contributed by atoms with van der Waals surface area (Å²) in [6.45, 7) is 14.4. The number of rotatable bonds is 11. The van der Waals surface area contributed by atoms with Crippen LogP contribution in [-0.4, -0.2) is 0 Å². The average molecular weight is 255 g/mol. The van der Waals surface area contributed by atoms with Crippen LogP contribution in [0, 0.1) is 17.3 Å². The van der Waals surface area contributed by atoms with Gasteiger partial charge in [-0.25, -0.2) is 0 Å². The van der Waals surface area contributed by atoms with E-state index in [1.807, 2.05) is 0 Å². The highest BCUT2D eigenvalue weighted by Gasteiger charge is 2.21. The summed E-state index contributed by atoms with van der Waals surface area (Å²) in [5.74, 6) is 1.81. The number of hydrogen-bond acceptors (Lipinski definition) is 0. The molecule has 2 atom stereocenters. The zero-order valence-corrected chi connectivity index (χ0v) is 14.0. The van der Waals surface area contributed by atoms with E-state index in [4.69, 9.17) is 0 Å². The second kappa shape index (κ2) is 9.87. The molecule has 110 valence electrons. The van der Waals surface area contributed by atoms with E-state index >= 15 is 0 Å². The van der Waals surface area contributed by atoms with Crippen LogP contribution in [0.3, 0.4) is 0 Å². The molecular weight excluding hydrogens is 216 g/mol. The Balaban J connectivity index is 3.83. The van der Waals surface area contributed by atoms with Gasteiger partial charge in [0, 0.05) is 0 Å². The molecule has 0 aliphatic heterocycles. The molecule has 0 bridgehead atoms. The van der Waals surface area contributed by atoms with Gasteiger partial charge in [-0.3, -0.25) is 0 Å². The molecule has 0 amide bonds. The molecule has 0 aromatic carbocycles. The lowest BCUT2D eigenvalue weighted by molar-refractivity contribution is 0.225. The summed E-state index contributed by atoms with van der Waals surface area (Å²) in [5.41, 5.74) is 0.555. The lowest BCUT2D eigenvalue weighted by Crippen LogP contribution is -2.17. The van der Waals surface area contributed by atoms with Gasteiger partial charge in [0.2, 0.25) is 0 Å². The minimum absolute atomic E-state index is 0.555. The molecule has 0 fully saturated rings. The topological polar surface area (TPSA) is 0 Å². The first-order valence-corrected chi connectivity index (χ1v) is 8.41. The lowest BCUT2D eigenvalue weighted by Gasteiger charge is -2.29. The van der Waals surface area contributed by atoms with Crippen LogP contribution in [0.1, 0.15) is 99.3 Å². The van der Waals surface area contributed by atoms with Gasteiger partial charge in [0.1, 0.15) is 0 Å².